The van der Waals surface area contributed by atoms with E-state index in [2.05, 4.69) is 16.6 Å². The predicted octanol–water partition coefficient (Wildman–Crippen LogP) is 1.53. The maximum Gasteiger partial charge on any atom is 0.335 e. The number of rotatable bonds is 4. The minimum absolute atomic E-state index is 0.349. The van der Waals surface area contributed by atoms with Crippen LogP contribution in [0.15, 0.2) is 43.0 Å². The quantitative estimate of drug-likeness (QED) is 0.634. The third-order valence-electron chi connectivity index (χ3n) is 2.43. The van der Waals surface area contributed by atoms with Gasteiger partial charge in [0, 0.05) is 5.56 Å². The summed E-state index contributed by atoms with van der Waals surface area (Å²) in [6, 6.07) is 8.63. The summed E-state index contributed by atoms with van der Waals surface area (Å²) < 4.78 is 4.62. The van der Waals surface area contributed by atoms with Crippen molar-refractivity contribution in [2.45, 2.75) is 12.5 Å². The molecule has 1 amide bonds. The number of ether oxygens (including phenoxy) is 1. The Balaban J connectivity index is 2.87. The van der Waals surface area contributed by atoms with Gasteiger partial charge in [0.2, 0.25) is 0 Å². The molecule has 90 valence electrons. The van der Waals surface area contributed by atoms with Gasteiger partial charge in [-0.2, -0.15) is 0 Å². The molecule has 1 aromatic carbocycles. The first kappa shape index (κ1) is 13.0. The molecule has 1 rings (SSSR count). The van der Waals surface area contributed by atoms with Crippen molar-refractivity contribution in [2.75, 3.05) is 7.11 Å². The van der Waals surface area contributed by atoms with Gasteiger partial charge in [-0.05, 0) is 19.1 Å². The summed E-state index contributed by atoms with van der Waals surface area (Å²) in [5, 5.41) is 2.58. The second kappa shape index (κ2) is 5.30. The number of amides is 1. The van der Waals surface area contributed by atoms with Crippen LogP contribution in [0.4, 0.5) is 0 Å². The molecular weight excluding hydrogens is 218 g/mol. The largest absolute Gasteiger partial charge is 0.467 e. The summed E-state index contributed by atoms with van der Waals surface area (Å²) in [5.41, 5.74) is -0.744. The average Bonchev–Trinajstić information content (AvgIpc) is 2.38. The standard InChI is InChI=1S/C13H15NO3/c1-4-13(2,12(16)17-3)14-11(15)10-8-6-5-7-9-10/h4-9H,1H2,2-3H3,(H,14,15). The molecular formula is C13H15NO3. The number of methoxy groups -OCH3 is 1. The highest BCUT2D eigenvalue weighted by Gasteiger charge is 2.32. The minimum atomic E-state index is -1.22. The Bertz CT molecular complexity index is 428. The van der Waals surface area contributed by atoms with Crippen LogP contribution in [0.25, 0.3) is 0 Å². The van der Waals surface area contributed by atoms with E-state index in [0.717, 1.165) is 0 Å². The van der Waals surface area contributed by atoms with Crippen molar-refractivity contribution in [2.24, 2.45) is 0 Å². The lowest BCUT2D eigenvalue weighted by Crippen LogP contribution is -2.51. The van der Waals surface area contributed by atoms with E-state index in [4.69, 9.17) is 0 Å². The van der Waals surface area contributed by atoms with Gasteiger partial charge in [0.1, 0.15) is 0 Å². The van der Waals surface area contributed by atoms with Crippen LogP contribution in [-0.2, 0) is 9.53 Å². The Kier molecular flexibility index (Phi) is 4.04. The van der Waals surface area contributed by atoms with Gasteiger partial charge >= 0.3 is 5.97 Å². The normalized spacial score (nSPS) is 13.3. The first-order chi connectivity index (χ1) is 8.03. The van der Waals surface area contributed by atoms with Gasteiger partial charge in [-0.1, -0.05) is 24.3 Å². The van der Waals surface area contributed by atoms with Gasteiger partial charge in [0.25, 0.3) is 5.91 Å². The van der Waals surface area contributed by atoms with Gasteiger partial charge in [-0.3, -0.25) is 4.79 Å². The molecule has 17 heavy (non-hydrogen) atoms. The van der Waals surface area contributed by atoms with E-state index in [0.29, 0.717) is 5.56 Å². The maximum absolute atomic E-state index is 11.9. The van der Waals surface area contributed by atoms with Crippen LogP contribution in [0.1, 0.15) is 17.3 Å². The Morgan fingerprint density at radius 1 is 1.35 bits per heavy atom. The van der Waals surface area contributed by atoms with Crippen molar-refractivity contribution in [3.8, 4) is 0 Å². The van der Waals surface area contributed by atoms with Crippen LogP contribution >= 0.6 is 0 Å². The summed E-state index contributed by atoms with van der Waals surface area (Å²) in [5.74, 6) is -0.907. The van der Waals surface area contributed by atoms with Crippen molar-refractivity contribution < 1.29 is 14.3 Å². The summed E-state index contributed by atoms with van der Waals surface area (Å²) >= 11 is 0. The van der Waals surface area contributed by atoms with E-state index in [1.54, 1.807) is 24.3 Å². The molecule has 0 saturated carbocycles. The van der Waals surface area contributed by atoms with E-state index in [1.165, 1.54) is 20.1 Å². The third kappa shape index (κ3) is 2.93. The molecule has 0 aromatic heterocycles. The Morgan fingerprint density at radius 2 is 1.94 bits per heavy atom. The van der Waals surface area contributed by atoms with E-state index in [9.17, 15) is 9.59 Å². The Hall–Kier alpha value is -2.10. The molecule has 0 bridgehead atoms. The number of benzene rings is 1. The van der Waals surface area contributed by atoms with Crippen LogP contribution in [-0.4, -0.2) is 24.5 Å². The van der Waals surface area contributed by atoms with Crippen LogP contribution in [0.5, 0.6) is 0 Å². The number of carbonyl (C=O) groups is 2. The predicted molar refractivity (Wildman–Crippen MR) is 64.5 cm³/mol. The SMILES string of the molecule is C=CC(C)(NC(=O)c1ccccc1)C(=O)OC. The third-order valence-corrected chi connectivity index (χ3v) is 2.43. The van der Waals surface area contributed by atoms with Crippen LogP contribution < -0.4 is 5.32 Å². The van der Waals surface area contributed by atoms with E-state index < -0.39 is 11.5 Å². The monoisotopic (exact) mass is 233 g/mol. The topological polar surface area (TPSA) is 55.4 Å². The molecule has 4 nitrogen and oxygen atoms in total. The zero-order valence-electron chi connectivity index (χ0n) is 9.90. The van der Waals surface area contributed by atoms with Crippen molar-refractivity contribution in [1.29, 1.82) is 0 Å². The highest BCUT2D eigenvalue weighted by molar-refractivity contribution is 5.98. The van der Waals surface area contributed by atoms with Crippen molar-refractivity contribution >= 4 is 11.9 Å². The van der Waals surface area contributed by atoms with Gasteiger partial charge < -0.3 is 10.1 Å². The van der Waals surface area contributed by atoms with Crippen LogP contribution in [0.2, 0.25) is 0 Å². The molecule has 0 aliphatic carbocycles. The van der Waals surface area contributed by atoms with E-state index >= 15 is 0 Å². The van der Waals surface area contributed by atoms with Crippen LogP contribution in [0, 0.1) is 0 Å². The van der Waals surface area contributed by atoms with Crippen molar-refractivity contribution in [3.05, 3.63) is 48.6 Å². The minimum Gasteiger partial charge on any atom is -0.467 e. The lowest BCUT2D eigenvalue weighted by molar-refractivity contribution is -0.145. The summed E-state index contributed by atoms with van der Waals surface area (Å²) in [4.78, 5) is 23.4. The van der Waals surface area contributed by atoms with Gasteiger partial charge in [-0.15, -0.1) is 6.58 Å². The molecule has 0 aliphatic rings. The fourth-order valence-corrected chi connectivity index (χ4v) is 1.29. The average molecular weight is 233 g/mol. The second-order valence-electron chi connectivity index (χ2n) is 3.72. The summed E-state index contributed by atoms with van der Waals surface area (Å²) in [6.45, 7) is 5.07. The number of carbonyl (C=O) groups excluding carboxylic acids is 2. The lowest BCUT2D eigenvalue weighted by atomic mass is 10.0. The molecule has 1 unspecified atom stereocenters. The number of hydrogen-bond donors (Lipinski definition) is 1. The summed E-state index contributed by atoms with van der Waals surface area (Å²) in [6.07, 6.45) is 1.35. The zero-order valence-corrected chi connectivity index (χ0v) is 9.90. The fraction of sp³-hybridized carbons (Fsp3) is 0.231. The van der Waals surface area contributed by atoms with E-state index in [1.807, 2.05) is 6.07 Å². The van der Waals surface area contributed by atoms with Crippen molar-refractivity contribution in [1.82, 2.24) is 5.32 Å². The summed E-state index contributed by atoms with van der Waals surface area (Å²) in [7, 11) is 1.26. The molecule has 0 aliphatic heterocycles. The lowest BCUT2D eigenvalue weighted by Gasteiger charge is -2.24. The molecule has 1 aromatic rings. The highest BCUT2D eigenvalue weighted by atomic mass is 16.5. The molecule has 0 saturated heterocycles. The molecule has 0 heterocycles. The first-order valence-corrected chi connectivity index (χ1v) is 5.13. The molecule has 1 atom stereocenters. The van der Waals surface area contributed by atoms with Gasteiger partial charge in [-0.25, -0.2) is 4.79 Å². The molecule has 1 N–H and O–H groups in total. The number of esters is 1. The Labute approximate surface area is 100 Å². The number of nitrogens with one attached hydrogen (secondary N) is 1. The first-order valence-electron chi connectivity index (χ1n) is 5.13. The Morgan fingerprint density at radius 3 is 2.41 bits per heavy atom. The molecule has 0 fully saturated rings. The van der Waals surface area contributed by atoms with Crippen molar-refractivity contribution in [3.63, 3.8) is 0 Å². The molecule has 0 spiro atoms. The fourth-order valence-electron chi connectivity index (χ4n) is 1.29. The van der Waals surface area contributed by atoms with Crippen LogP contribution in [0.3, 0.4) is 0 Å². The number of hydrogen-bond acceptors (Lipinski definition) is 3. The van der Waals surface area contributed by atoms with Gasteiger partial charge in [0.05, 0.1) is 7.11 Å². The molecule has 0 radical (unpaired) electrons. The smallest absolute Gasteiger partial charge is 0.335 e. The highest BCUT2D eigenvalue weighted by Crippen LogP contribution is 2.09. The van der Waals surface area contributed by atoms with Gasteiger partial charge in [0.15, 0.2) is 5.54 Å². The second-order valence-corrected chi connectivity index (χ2v) is 3.72. The molecule has 4 heteroatoms. The van der Waals surface area contributed by atoms with E-state index in [-0.39, 0.29) is 5.91 Å². The maximum atomic E-state index is 11.9. The zero-order chi connectivity index (χ0) is 12.9.